The van der Waals surface area contributed by atoms with Crippen LogP contribution in [0.2, 0.25) is 0 Å². The van der Waals surface area contributed by atoms with Crippen LogP contribution in [-0.2, 0) is 16.6 Å². The average molecular weight is 574 g/mol. The van der Waals surface area contributed by atoms with E-state index in [1.165, 1.54) is 22.5 Å². The van der Waals surface area contributed by atoms with Gasteiger partial charge in [0.1, 0.15) is 28.4 Å². The highest BCUT2D eigenvalue weighted by Crippen LogP contribution is 2.30. The Morgan fingerprint density at radius 3 is 2.32 bits per heavy atom. The molecule has 0 atom stereocenters. The summed E-state index contributed by atoms with van der Waals surface area (Å²) in [5.41, 5.74) is 7.29. The molecule has 10 heteroatoms. The second-order valence-corrected chi connectivity index (χ2v) is 12.0. The van der Waals surface area contributed by atoms with Crippen molar-refractivity contribution >= 4 is 38.2 Å². The van der Waals surface area contributed by atoms with Crippen LogP contribution in [-0.4, -0.2) is 44.2 Å². The van der Waals surface area contributed by atoms with Crippen LogP contribution >= 0.6 is 0 Å². The zero-order valence-electron chi connectivity index (χ0n) is 22.7. The highest BCUT2D eigenvalue weighted by molar-refractivity contribution is 7.92. The number of nitrogen functional groups attached to an aromatic ring is 1. The van der Waals surface area contributed by atoms with Crippen molar-refractivity contribution in [1.82, 2.24) is 4.90 Å². The van der Waals surface area contributed by atoms with Gasteiger partial charge in [-0.3, -0.25) is 15.1 Å². The van der Waals surface area contributed by atoms with Crippen molar-refractivity contribution in [2.45, 2.75) is 37.3 Å². The number of nitrogens with one attached hydrogen (secondary N) is 2. The number of anilines is 1. The SMILES string of the molecule is CC(=N)N1CCC(Oc2ccc(N(Cc3ccc4ccc(C(=N)N)cc4c3)S(=O)(=O)c3ccccc3F)cc2)CC1. The molecule has 0 unspecified atom stereocenters. The lowest BCUT2D eigenvalue weighted by molar-refractivity contribution is 0.130. The summed E-state index contributed by atoms with van der Waals surface area (Å²) in [6, 6.07) is 23.1. The maximum absolute atomic E-state index is 14.8. The Bertz CT molecular complexity index is 1700. The third-order valence-corrected chi connectivity index (χ3v) is 9.10. The maximum Gasteiger partial charge on any atom is 0.267 e. The molecule has 0 aliphatic carbocycles. The van der Waals surface area contributed by atoms with Gasteiger partial charge in [-0.1, -0.05) is 36.4 Å². The van der Waals surface area contributed by atoms with E-state index in [1.54, 1.807) is 43.3 Å². The minimum Gasteiger partial charge on any atom is -0.490 e. The summed E-state index contributed by atoms with van der Waals surface area (Å²) in [5.74, 6) is 0.284. The van der Waals surface area contributed by atoms with E-state index in [4.69, 9.17) is 21.3 Å². The zero-order valence-corrected chi connectivity index (χ0v) is 23.5. The molecule has 1 aliphatic rings. The summed E-state index contributed by atoms with van der Waals surface area (Å²) < 4.78 is 49.8. The molecule has 1 fully saturated rings. The van der Waals surface area contributed by atoms with E-state index in [2.05, 4.69) is 0 Å². The third-order valence-electron chi connectivity index (χ3n) is 7.29. The van der Waals surface area contributed by atoms with Crippen molar-refractivity contribution in [3.8, 4) is 5.75 Å². The van der Waals surface area contributed by atoms with Crippen molar-refractivity contribution in [2.75, 3.05) is 17.4 Å². The molecular formula is C31H32FN5O3S. The van der Waals surface area contributed by atoms with E-state index in [0.717, 1.165) is 42.8 Å². The largest absolute Gasteiger partial charge is 0.490 e. The summed E-state index contributed by atoms with van der Waals surface area (Å²) in [6.45, 7) is 3.25. The predicted molar refractivity (Wildman–Crippen MR) is 160 cm³/mol. The number of sulfonamides is 1. The molecule has 0 bridgehead atoms. The van der Waals surface area contributed by atoms with E-state index in [1.807, 2.05) is 29.2 Å². The number of nitrogens with two attached hydrogens (primary N) is 1. The zero-order chi connectivity index (χ0) is 29.1. The summed E-state index contributed by atoms with van der Waals surface area (Å²) in [7, 11) is -4.27. The van der Waals surface area contributed by atoms with E-state index < -0.39 is 20.7 Å². The smallest absolute Gasteiger partial charge is 0.267 e. The van der Waals surface area contributed by atoms with Crippen LogP contribution in [0.1, 0.15) is 30.9 Å². The summed E-state index contributed by atoms with van der Waals surface area (Å²) in [4.78, 5) is 1.61. The van der Waals surface area contributed by atoms with E-state index in [-0.39, 0.29) is 18.5 Å². The molecule has 0 spiro atoms. The number of likely N-dealkylation sites (tertiary alicyclic amines) is 1. The Balaban J connectivity index is 1.45. The first-order chi connectivity index (χ1) is 19.6. The van der Waals surface area contributed by atoms with Crippen LogP contribution in [0.25, 0.3) is 10.8 Å². The van der Waals surface area contributed by atoms with E-state index in [9.17, 15) is 12.8 Å². The second kappa shape index (κ2) is 11.6. The van der Waals surface area contributed by atoms with Gasteiger partial charge in [-0.25, -0.2) is 12.8 Å². The molecule has 5 rings (SSSR count). The number of rotatable bonds is 8. The molecule has 0 amide bonds. The average Bonchev–Trinajstić information content (AvgIpc) is 2.96. The molecule has 0 saturated carbocycles. The molecule has 8 nitrogen and oxygen atoms in total. The van der Waals surface area contributed by atoms with Gasteiger partial charge in [0.05, 0.1) is 18.1 Å². The van der Waals surface area contributed by atoms with Gasteiger partial charge < -0.3 is 15.4 Å². The van der Waals surface area contributed by atoms with Gasteiger partial charge in [-0.2, -0.15) is 0 Å². The first-order valence-electron chi connectivity index (χ1n) is 13.3. The van der Waals surface area contributed by atoms with Crippen LogP contribution in [0.4, 0.5) is 10.1 Å². The Kier molecular flexibility index (Phi) is 7.94. The molecule has 1 aliphatic heterocycles. The van der Waals surface area contributed by atoms with Gasteiger partial charge in [0.15, 0.2) is 0 Å². The van der Waals surface area contributed by atoms with Crippen LogP contribution in [0.5, 0.6) is 5.75 Å². The molecule has 212 valence electrons. The molecule has 0 radical (unpaired) electrons. The molecule has 1 heterocycles. The Hall–Kier alpha value is -4.44. The van der Waals surface area contributed by atoms with Gasteiger partial charge in [-0.15, -0.1) is 0 Å². The quantitative estimate of drug-likeness (QED) is 0.190. The lowest BCUT2D eigenvalue weighted by Gasteiger charge is -2.33. The molecule has 4 aromatic carbocycles. The first kappa shape index (κ1) is 28.1. The number of halogens is 1. The fraction of sp³-hybridized carbons (Fsp3) is 0.226. The van der Waals surface area contributed by atoms with Crippen molar-refractivity contribution in [2.24, 2.45) is 5.73 Å². The van der Waals surface area contributed by atoms with Crippen molar-refractivity contribution < 1.29 is 17.5 Å². The molecule has 4 N–H and O–H groups in total. The van der Waals surface area contributed by atoms with E-state index in [0.29, 0.717) is 28.4 Å². The first-order valence-corrected chi connectivity index (χ1v) is 14.8. The summed E-state index contributed by atoms with van der Waals surface area (Å²) in [6.07, 6.45) is 1.59. The minimum atomic E-state index is -4.27. The normalized spacial score (nSPS) is 14.1. The predicted octanol–water partition coefficient (Wildman–Crippen LogP) is 5.50. The lowest BCUT2D eigenvalue weighted by atomic mass is 10.0. The number of nitrogens with zero attached hydrogens (tertiary/aromatic N) is 2. The van der Waals surface area contributed by atoms with E-state index >= 15 is 0 Å². The number of fused-ring (bicyclic) bond motifs is 1. The fourth-order valence-electron chi connectivity index (χ4n) is 5.01. The van der Waals surface area contributed by atoms with Crippen LogP contribution in [0.3, 0.4) is 0 Å². The number of piperidine rings is 1. The number of hydrogen-bond donors (Lipinski definition) is 3. The van der Waals surface area contributed by atoms with Crippen molar-refractivity contribution in [3.63, 3.8) is 0 Å². The number of benzene rings is 4. The topological polar surface area (TPSA) is 124 Å². The van der Waals surface area contributed by atoms with Gasteiger partial charge in [0, 0.05) is 31.5 Å². The molecule has 41 heavy (non-hydrogen) atoms. The van der Waals surface area contributed by atoms with Crippen LogP contribution in [0.15, 0.2) is 89.8 Å². The van der Waals surface area contributed by atoms with Gasteiger partial charge >= 0.3 is 0 Å². The standard InChI is InChI=1S/C31H32FN5O3S/c1-21(33)36-16-14-28(15-17-36)40-27-12-10-26(11-13-27)37(41(38,39)30-5-3-2-4-29(30)32)20-22-6-7-23-8-9-24(31(34)35)19-25(23)18-22/h2-13,18-19,28,33H,14-17,20H2,1H3,(H3,34,35). The van der Waals surface area contributed by atoms with Crippen molar-refractivity contribution in [3.05, 3.63) is 102 Å². The third kappa shape index (κ3) is 6.17. The van der Waals surface area contributed by atoms with Gasteiger partial charge in [0.25, 0.3) is 10.0 Å². The fourth-order valence-corrected chi connectivity index (χ4v) is 6.53. The van der Waals surface area contributed by atoms with Crippen molar-refractivity contribution in [1.29, 1.82) is 10.8 Å². The number of amidine groups is 2. The number of hydrogen-bond acceptors (Lipinski definition) is 5. The Morgan fingerprint density at radius 2 is 1.66 bits per heavy atom. The molecular weight excluding hydrogens is 541 g/mol. The summed E-state index contributed by atoms with van der Waals surface area (Å²) >= 11 is 0. The van der Waals surface area contributed by atoms with Crippen LogP contribution in [0, 0.1) is 16.6 Å². The second-order valence-electron chi connectivity index (χ2n) is 10.1. The Morgan fingerprint density at radius 1 is 0.976 bits per heavy atom. The highest BCUT2D eigenvalue weighted by Gasteiger charge is 2.28. The van der Waals surface area contributed by atoms with Gasteiger partial charge in [-0.05, 0) is 71.8 Å². The summed E-state index contributed by atoms with van der Waals surface area (Å²) in [5, 5.41) is 17.3. The monoisotopic (exact) mass is 573 g/mol. The number of ether oxygens (including phenoxy) is 1. The lowest BCUT2D eigenvalue weighted by Crippen LogP contribution is -2.40. The van der Waals surface area contributed by atoms with Crippen LogP contribution < -0.4 is 14.8 Å². The highest BCUT2D eigenvalue weighted by atomic mass is 32.2. The molecule has 1 saturated heterocycles. The van der Waals surface area contributed by atoms with Gasteiger partial charge in [0.2, 0.25) is 0 Å². The Labute approximate surface area is 239 Å². The minimum absolute atomic E-state index is 0.00666. The molecule has 0 aromatic heterocycles. The molecule has 4 aromatic rings. The maximum atomic E-state index is 14.8.